The third kappa shape index (κ3) is 2.29. The maximum atomic E-state index is 12.2. The Morgan fingerprint density at radius 2 is 1.80 bits per heavy atom. The number of rotatable bonds is 1. The lowest BCUT2D eigenvalue weighted by atomic mass is 10.0. The molecule has 2 N–H and O–H groups in total. The summed E-state index contributed by atoms with van der Waals surface area (Å²) < 4.78 is 1.06. The van der Waals surface area contributed by atoms with Crippen molar-refractivity contribution in [1.29, 1.82) is 0 Å². The minimum Gasteiger partial charge on any atom is -0.506 e. The fourth-order valence-corrected chi connectivity index (χ4v) is 2.67. The van der Waals surface area contributed by atoms with Gasteiger partial charge < -0.3 is 10.1 Å². The third-order valence-corrected chi connectivity index (χ3v) is 4.04. The second-order valence-electron chi connectivity index (χ2n) is 4.37. The lowest BCUT2D eigenvalue weighted by Crippen LogP contribution is -2.09. The van der Waals surface area contributed by atoms with E-state index in [1.165, 1.54) is 0 Å². The zero-order valence-corrected chi connectivity index (χ0v) is 13.1. The number of aromatic hydroxyl groups is 1. The van der Waals surface area contributed by atoms with Crippen molar-refractivity contribution in [2.24, 2.45) is 0 Å². The van der Waals surface area contributed by atoms with Crippen molar-refractivity contribution in [1.82, 2.24) is 4.98 Å². The molecule has 0 unspecified atom stereocenters. The van der Waals surface area contributed by atoms with Gasteiger partial charge in [-0.25, -0.2) is 0 Å². The van der Waals surface area contributed by atoms with Crippen LogP contribution in [0.25, 0.3) is 22.0 Å². The Hall–Kier alpha value is -1.53. The van der Waals surface area contributed by atoms with Gasteiger partial charge in [-0.05, 0) is 58.5 Å². The number of benzene rings is 2. The first kappa shape index (κ1) is 13.5. The molecule has 2 aromatic carbocycles. The second kappa shape index (κ2) is 5.10. The van der Waals surface area contributed by atoms with E-state index in [0.29, 0.717) is 21.5 Å². The number of nitrogens with one attached hydrogen (secondary N) is 1. The van der Waals surface area contributed by atoms with Gasteiger partial charge in [0.05, 0.1) is 11.1 Å². The summed E-state index contributed by atoms with van der Waals surface area (Å²) >= 11 is 8.08. The molecule has 0 saturated heterocycles. The smallest absolute Gasteiger partial charge is 0.260 e. The van der Waals surface area contributed by atoms with Crippen LogP contribution in [0.2, 0.25) is 5.02 Å². The van der Waals surface area contributed by atoms with Gasteiger partial charge in [0.15, 0.2) is 0 Å². The molecule has 100 valence electrons. The Morgan fingerprint density at radius 1 is 1.10 bits per heavy atom. The highest BCUT2D eigenvalue weighted by molar-refractivity contribution is 14.1. The first-order valence-corrected chi connectivity index (χ1v) is 7.32. The average molecular weight is 398 g/mol. The quantitative estimate of drug-likeness (QED) is 0.606. The Balaban J connectivity index is 2.34. The SMILES string of the molecule is O=c1[nH]c2cc(Cl)ccc2c(O)c1-c1ccc(I)cc1. The summed E-state index contributed by atoms with van der Waals surface area (Å²) in [4.78, 5) is 14.9. The molecule has 0 atom stereocenters. The average Bonchev–Trinajstić information content (AvgIpc) is 2.40. The number of hydrogen-bond donors (Lipinski definition) is 2. The summed E-state index contributed by atoms with van der Waals surface area (Å²) in [5, 5.41) is 11.5. The van der Waals surface area contributed by atoms with E-state index in [4.69, 9.17) is 11.6 Å². The van der Waals surface area contributed by atoms with Crippen LogP contribution < -0.4 is 5.56 Å². The zero-order chi connectivity index (χ0) is 14.3. The minimum atomic E-state index is -0.335. The van der Waals surface area contributed by atoms with Gasteiger partial charge in [-0.15, -0.1) is 0 Å². The number of aromatic amines is 1. The highest BCUT2D eigenvalue weighted by atomic mass is 127. The van der Waals surface area contributed by atoms with Crippen molar-refractivity contribution in [2.75, 3.05) is 0 Å². The largest absolute Gasteiger partial charge is 0.506 e. The number of pyridine rings is 1. The van der Waals surface area contributed by atoms with E-state index < -0.39 is 0 Å². The summed E-state index contributed by atoms with van der Waals surface area (Å²) in [7, 11) is 0. The second-order valence-corrected chi connectivity index (χ2v) is 6.06. The van der Waals surface area contributed by atoms with E-state index in [1.54, 1.807) is 18.2 Å². The molecule has 3 rings (SSSR count). The van der Waals surface area contributed by atoms with Crippen LogP contribution in [-0.4, -0.2) is 10.1 Å². The summed E-state index contributed by atoms with van der Waals surface area (Å²) in [6.45, 7) is 0. The molecule has 0 bridgehead atoms. The van der Waals surface area contributed by atoms with E-state index in [9.17, 15) is 9.90 Å². The Morgan fingerprint density at radius 3 is 2.50 bits per heavy atom. The summed E-state index contributed by atoms with van der Waals surface area (Å²) in [5.41, 5.74) is 1.14. The molecule has 0 spiro atoms. The van der Waals surface area contributed by atoms with Crippen molar-refractivity contribution in [3.8, 4) is 16.9 Å². The standard InChI is InChI=1S/C15H9ClINO2/c16-9-3-6-11-12(7-9)18-15(20)13(14(11)19)8-1-4-10(17)5-2-8/h1-7H,(H2,18,19,20). The number of halogens is 2. The van der Waals surface area contributed by atoms with E-state index in [-0.39, 0.29) is 16.9 Å². The number of fused-ring (bicyclic) bond motifs is 1. The van der Waals surface area contributed by atoms with Crippen LogP contribution in [-0.2, 0) is 0 Å². The van der Waals surface area contributed by atoms with Gasteiger partial charge in [-0.2, -0.15) is 0 Å². The minimum absolute atomic E-state index is 0.0263. The molecule has 0 aliphatic carbocycles. The molecule has 0 amide bonds. The first-order valence-electron chi connectivity index (χ1n) is 5.87. The predicted molar refractivity (Wildman–Crippen MR) is 89.4 cm³/mol. The first-order chi connectivity index (χ1) is 9.56. The molecule has 0 aliphatic rings. The number of aromatic nitrogens is 1. The van der Waals surface area contributed by atoms with Gasteiger partial charge in [-0.3, -0.25) is 4.79 Å². The molecule has 0 saturated carbocycles. The third-order valence-electron chi connectivity index (χ3n) is 3.08. The molecule has 3 nitrogen and oxygen atoms in total. The monoisotopic (exact) mass is 397 g/mol. The van der Waals surface area contributed by atoms with Crippen LogP contribution in [0.1, 0.15) is 0 Å². The van der Waals surface area contributed by atoms with Crippen LogP contribution in [0.3, 0.4) is 0 Å². The van der Waals surface area contributed by atoms with Gasteiger partial charge in [0, 0.05) is 14.0 Å². The molecule has 0 radical (unpaired) electrons. The lowest BCUT2D eigenvalue weighted by molar-refractivity contribution is 0.482. The predicted octanol–water partition coefficient (Wildman–Crippen LogP) is 4.16. The number of hydrogen-bond acceptors (Lipinski definition) is 2. The Kier molecular flexibility index (Phi) is 3.43. The maximum absolute atomic E-state index is 12.2. The van der Waals surface area contributed by atoms with Gasteiger partial charge in [0.1, 0.15) is 5.75 Å². The zero-order valence-electron chi connectivity index (χ0n) is 10.2. The summed E-state index contributed by atoms with van der Waals surface area (Å²) in [6.07, 6.45) is 0. The molecule has 1 aromatic heterocycles. The van der Waals surface area contributed by atoms with Crippen molar-refractivity contribution in [2.45, 2.75) is 0 Å². The van der Waals surface area contributed by atoms with Crippen molar-refractivity contribution < 1.29 is 5.11 Å². The number of H-pyrrole nitrogens is 1. The van der Waals surface area contributed by atoms with E-state index in [1.807, 2.05) is 24.3 Å². The van der Waals surface area contributed by atoms with E-state index in [2.05, 4.69) is 27.6 Å². The molecule has 0 aliphatic heterocycles. The van der Waals surface area contributed by atoms with Gasteiger partial charge >= 0.3 is 0 Å². The van der Waals surface area contributed by atoms with Gasteiger partial charge in [-0.1, -0.05) is 23.7 Å². The highest BCUT2D eigenvalue weighted by Crippen LogP contribution is 2.33. The van der Waals surface area contributed by atoms with Crippen molar-refractivity contribution >= 4 is 45.1 Å². The molecule has 0 fully saturated rings. The van der Waals surface area contributed by atoms with E-state index in [0.717, 1.165) is 3.57 Å². The van der Waals surface area contributed by atoms with Crippen LogP contribution in [0.15, 0.2) is 47.3 Å². The molecular weight excluding hydrogens is 389 g/mol. The molecular formula is C15H9ClINO2. The van der Waals surface area contributed by atoms with Crippen LogP contribution in [0, 0.1) is 3.57 Å². The van der Waals surface area contributed by atoms with Crippen LogP contribution >= 0.6 is 34.2 Å². The Bertz CT molecular complexity index is 856. The van der Waals surface area contributed by atoms with Gasteiger partial charge in [0.25, 0.3) is 5.56 Å². The molecule has 5 heteroatoms. The lowest BCUT2D eigenvalue weighted by Gasteiger charge is -2.08. The molecule has 20 heavy (non-hydrogen) atoms. The summed E-state index contributed by atoms with van der Waals surface area (Å²) in [5.74, 6) is -0.0263. The fourth-order valence-electron chi connectivity index (χ4n) is 2.14. The highest BCUT2D eigenvalue weighted by Gasteiger charge is 2.13. The molecule has 1 heterocycles. The van der Waals surface area contributed by atoms with Gasteiger partial charge in [0.2, 0.25) is 0 Å². The normalized spacial score (nSPS) is 10.9. The summed E-state index contributed by atoms with van der Waals surface area (Å²) in [6, 6.07) is 12.4. The fraction of sp³-hybridized carbons (Fsp3) is 0. The topological polar surface area (TPSA) is 53.1 Å². The van der Waals surface area contributed by atoms with Crippen molar-refractivity contribution in [3.63, 3.8) is 0 Å². The van der Waals surface area contributed by atoms with Crippen LogP contribution in [0.5, 0.6) is 5.75 Å². The molecule has 3 aromatic rings. The van der Waals surface area contributed by atoms with Crippen molar-refractivity contribution in [3.05, 3.63) is 61.4 Å². The maximum Gasteiger partial charge on any atom is 0.260 e. The Labute approximate surface area is 133 Å². The van der Waals surface area contributed by atoms with Crippen LogP contribution in [0.4, 0.5) is 0 Å². The van der Waals surface area contributed by atoms with E-state index >= 15 is 0 Å².